The Bertz CT molecular complexity index is 531. The molecule has 0 radical (unpaired) electrons. The fourth-order valence-electron chi connectivity index (χ4n) is 2.81. The minimum absolute atomic E-state index is 0.114. The van der Waals surface area contributed by atoms with Crippen LogP contribution in [-0.2, 0) is 9.84 Å². The average Bonchev–Trinajstić information content (AvgIpc) is 2.88. The van der Waals surface area contributed by atoms with Gasteiger partial charge in [-0.15, -0.1) is 0 Å². The molecule has 0 aromatic heterocycles. The molecular weight excluding hydrogens is 274 g/mol. The zero-order valence-electron chi connectivity index (χ0n) is 11.9. The molecule has 1 fully saturated rings. The summed E-state index contributed by atoms with van der Waals surface area (Å²) in [7, 11) is -3.15. The van der Waals surface area contributed by atoms with E-state index in [-0.39, 0.29) is 17.9 Å². The Morgan fingerprint density at radius 1 is 1.20 bits per heavy atom. The molecule has 0 atom stereocenters. The van der Waals surface area contributed by atoms with Gasteiger partial charge in [-0.25, -0.2) is 8.42 Å². The Hall–Kier alpha value is -1.07. The van der Waals surface area contributed by atoms with E-state index in [0.717, 1.165) is 31.4 Å². The standard InChI is InChI=1S/C15H23NO3S/c1-2-11-20(18,19)14-7-5-13(6-8-14)16-15(12-17)9-3-4-10-15/h5-8,16-17H,2-4,9-12H2,1H3. The molecule has 1 aliphatic rings. The van der Waals surface area contributed by atoms with Gasteiger partial charge in [0.1, 0.15) is 0 Å². The first-order valence-electron chi connectivity index (χ1n) is 7.23. The summed E-state index contributed by atoms with van der Waals surface area (Å²) in [6.45, 7) is 1.97. The molecule has 112 valence electrons. The van der Waals surface area contributed by atoms with Crippen LogP contribution in [0.1, 0.15) is 39.0 Å². The number of nitrogens with one attached hydrogen (secondary N) is 1. The van der Waals surface area contributed by atoms with Crippen molar-refractivity contribution in [1.29, 1.82) is 0 Å². The van der Waals surface area contributed by atoms with E-state index in [1.165, 1.54) is 0 Å². The molecule has 2 rings (SSSR count). The highest BCUT2D eigenvalue weighted by Gasteiger charge is 2.32. The van der Waals surface area contributed by atoms with Gasteiger partial charge in [-0.2, -0.15) is 0 Å². The van der Waals surface area contributed by atoms with Crippen LogP contribution in [0.25, 0.3) is 0 Å². The maximum atomic E-state index is 11.9. The molecule has 20 heavy (non-hydrogen) atoms. The quantitative estimate of drug-likeness (QED) is 0.847. The predicted octanol–water partition coefficient (Wildman–Crippen LogP) is 2.59. The molecule has 1 saturated carbocycles. The highest BCUT2D eigenvalue weighted by Crippen LogP contribution is 2.33. The molecule has 4 nitrogen and oxygen atoms in total. The summed E-state index contributed by atoms with van der Waals surface area (Å²) >= 11 is 0. The number of hydrogen-bond acceptors (Lipinski definition) is 4. The van der Waals surface area contributed by atoms with Crippen LogP contribution in [0.5, 0.6) is 0 Å². The molecule has 0 amide bonds. The first-order valence-corrected chi connectivity index (χ1v) is 8.88. The van der Waals surface area contributed by atoms with E-state index in [9.17, 15) is 13.5 Å². The summed E-state index contributed by atoms with van der Waals surface area (Å²) in [5.41, 5.74) is 0.639. The van der Waals surface area contributed by atoms with Gasteiger partial charge in [0.2, 0.25) is 0 Å². The molecule has 0 heterocycles. The van der Waals surface area contributed by atoms with Crippen LogP contribution in [0.3, 0.4) is 0 Å². The van der Waals surface area contributed by atoms with Crippen molar-refractivity contribution in [3.8, 4) is 0 Å². The molecule has 0 saturated heterocycles. The third-order valence-electron chi connectivity index (χ3n) is 3.96. The van der Waals surface area contributed by atoms with Gasteiger partial charge in [0.05, 0.1) is 22.8 Å². The van der Waals surface area contributed by atoms with E-state index in [0.29, 0.717) is 11.3 Å². The van der Waals surface area contributed by atoms with Gasteiger partial charge in [-0.1, -0.05) is 19.8 Å². The number of rotatable bonds is 6. The first-order chi connectivity index (χ1) is 9.51. The molecular formula is C15H23NO3S. The molecule has 0 aliphatic heterocycles. The zero-order chi connectivity index (χ0) is 14.6. The maximum Gasteiger partial charge on any atom is 0.178 e. The van der Waals surface area contributed by atoms with E-state index >= 15 is 0 Å². The summed E-state index contributed by atoms with van der Waals surface area (Å²) in [4.78, 5) is 0.370. The van der Waals surface area contributed by atoms with E-state index in [1.54, 1.807) is 24.3 Å². The molecule has 1 aromatic rings. The first kappa shape index (κ1) is 15.3. The van der Waals surface area contributed by atoms with Crippen LogP contribution >= 0.6 is 0 Å². The van der Waals surface area contributed by atoms with Gasteiger partial charge in [0.15, 0.2) is 9.84 Å². The largest absolute Gasteiger partial charge is 0.394 e. The van der Waals surface area contributed by atoms with Gasteiger partial charge >= 0.3 is 0 Å². The van der Waals surface area contributed by atoms with Crippen molar-refractivity contribution < 1.29 is 13.5 Å². The summed E-state index contributed by atoms with van der Waals surface area (Å²) in [5, 5.41) is 12.9. The fraction of sp³-hybridized carbons (Fsp3) is 0.600. The minimum atomic E-state index is -3.15. The lowest BCUT2D eigenvalue weighted by Crippen LogP contribution is -2.38. The van der Waals surface area contributed by atoms with Crippen molar-refractivity contribution in [3.05, 3.63) is 24.3 Å². The Kier molecular flexibility index (Phi) is 4.70. The number of aliphatic hydroxyl groups is 1. The highest BCUT2D eigenvalue weighted by molar-refractivity contribution is 7.91. The van der Waals surface area contributed by atoms with E-state index < -0.39 is 9.84 Å². The summed E-state index contributed by atoms with van der Waals surface area (Å²) < 4.78 is 23.9. The lowest BCUT2D eigenvalue weighted by Gasteiger charge is -2.29. The monoisotopic (exact) mass is 297 g/mol. The normalized spacial score (nSPS) is 18.1. The van der Waals surface area contributed by atoms with Crippen LogP contribution in [0, 0.1) is 0 Å². The van der Waals surface area contributed by atoms with Crippen LogP contribution in [0.2, 0.25) is 0 Å². The minimum Gasteiger partial charge on any atom is -0.394 e. The van der Waals surface area contributed by atoms with Gasteiger partial charge in [0.25, 0.3) is 0 Å². The Labute approximate surface area is 121 Å². The van der Waals surface area contributed by atoms with Crippen molar-refractivity contribution in [2.75, 3.05) is 17.7 Å². The Morgan fingerprint density at radius 2 is 1.80 bits per heavy atom. The van der Waals surface area contributed by atoms with Gasteiger partial charge < -0.3 is 10.4 Å². The van der Waals surface area contributed by atoms with Crippen molar-refractivity contribution in [2.45, 2.75) is 49.5 Å². The summed E-state index contributed by atoms with van der Waals surface area (Å²) in [6.07, 6.45) is 4.78. The van der Waals surface area contributed by atoms with Crippen LogP contribution in [0.15, 0.2) is 29.2 Å². The van der Waals surface area contributed by atoms with Gasteiger partial charge in [-0.05, 0) is 43.5 Å². The second kappa shape index (κ2) is 6.14. The smallest absolute Gasteiger partial charge is 0.178 e. The fourth-order valence-corrected chi connectivity index (χ4v) is 4.14. The predicted molar refractivity (Wildman–Crippen MR) is 80.7 cm³/mol. The van der Waals surface area contributed by atoms with Crippen molar-refractivity contribution >= 4 is 15.5 Å². The summed E-state index contributed by atoms with van der Waals surface area (Å²) in [5.74, 6) is 0.181. The van der Waals surface area contributed by atoms with Crippen LogP contribution in [0.4, 0.5) is 5.69 Å². The second-order valence-electron chi connectivity index (χ2n) is 5.61. The topological polar surface area (TPSA) is 66.4 Å². The van der Waals surface area contributed by atoms with E-state index in [2.05, 4.69) is 5.32 Å². The number of aliphatic hydroxyl groups excluding tert-OH is 1. The number of anilines is 1. The van der Waals surface area contributed by atoms with Gasteiger partial charge in [0, 0.05) is 5.69 Å². The molecule has 0 bridgehead atoms. The average molecular weight is 297 g/mol. The number of sulfone groups is 1. The Balaban J connectivity index is 2.12. The summed E-state index contributed by atoms with van der Waals surface area (Å²) in [6, 6.07) is 6.87. The highest BCUT2D eigenvalue weighted by atomic mass is 32.2. The number of benzene rings is 1. The van der Waals surface area contributed by atoms with E-state index in [1.807, 2.05) is 6.92 Å². The molecule has 0 spiro atoms. The van der Waals surface area contributed by atoms with Crippen LogP contribution < -0.4 is 5.32 Å². The third-order valence-corrected chi connectivity index (χ3v) is 5.90. The maximum absolute atomic E-state index is 11.9. The zero-order valence-corrected chi connectivity index (χ0v) is 12.7. The van der Waals surface area contributed by atoms with E-state index in [4.69, 9.17) is 0 Å². The van der Waals surface area contributed by atoms with Crippen LogP contribution in [-0.4, -0.2) is 31.4 Å². The van der Waals surface area contributed by atoms with Gasteiger partial charge in [-0.3, -0.25) is 0 Å². The third kappa shape index (κ3) is 3.33. The molecule has 1 aromatic carbocycles. The van der Waals surface area contributed by atoms with Crippen molar-refractivity contribution in [2.24, 2.45) is 0 Å². The van der Waals surface area contributed by atoms with Crippen molar-refractivity contribution in [1.82, 2.24) is 0 Å². The number of hydrogen-bond donors (Lipinski definition) is 2. The Morgan fingerprint density at radius 3 is 2.30 bits per heavy atom. The molecule has 2 N–H and O–H groups in total. The second-order valence-corrected chi connectivity index (χ2v) is 7.72. The lowest BCUT2D eigenvalue weighted by molar-refractivity contribution is 0.214. The molecule has 0 unspecified atom stereocenters. The lowest BCUT2D eigenvalue weighted by atomic mass is 9.98. The van der Waals surface area contributed by atoms with Crippen molar-refractivity contribution in [3.63, 3.8) is 0 Å². The molecule has 5 heteroatoms. The SMILES string of the molecule is CCCS(=O)(=O)c1ccc(NC2(CO)CCCC2)cc1. The molecule has 1 aliphatic carbocycles.